The lowest BCUT2D eigenvalue weighted by Gasteiger charge is -2.20. The number of hydrazone groups is 1. The molecule has 16 heavy (non-hydrogen) atoms. The minimum absolute atomic E-state index is 0.0341. The van der Waals surface area contributed by atoms with Crippen LogP contribution in [0.3, 0.4) is 0 Å². The van der Waals surface area contributed by atoms with E-state index in [2.05, 4.69) is 17.2 Å². The standard InChI is InChI=1S/C13H16N2O/c1-11(16)15-13(9-10-14-15)8-7-12-5-3-2-4-6-12/h2-6,10,13H,7-9H2,1H3. The molecule has 1 aliphatic rings. The van der Waals surface area contributed by atoms with Gasteiger partial charge in [-0.05, 0) is 18.4 Å². The second kappa shape index (κ2) is 4.92. The third kappa shape index (κ3) is 2.48. The fourth-order valence-corrected chi connectivity index (χ4v) is 2.01. The Morgan fingerprint density at radius 2 is 2.19 bits per heavy atom. The van der Waals surface area contributed by atoms with Gasteiger partial charge in [-0.2, -0.15) is 5.10 Å². The van der Waals surface area contributed by atoms with Crippen LogP contribution in [0.25, 0.3) is 0 Å². The minimum atomic E-state index is 0.0341. The summed E-state index contributed by atoms with van der Waals surface area (Å²) < 4.78 is 0. The second-order valence-electron chi connectivity index (χ2n) is 4.08. The monoisotopic (exact) mass is 216 g/mol. The van der Waals surface area contributed by atoms with Crippen molar-refractivity contribution >= 4 is 12.1 Å². The highest BCUT2D eigenvalue weighted by Crippen LogP contribution is 2.17. The number of carbonyl (C=O) groups excluding carboxylic acids is 1. The Balaban J connectivity index is 1.89. The fraction of sp³-hybridized carbons (Fsp3) is 0.385. The van der Waals surface area contributed by atoms with Gasteiger partial charge in [-0.25, -0.2) is 5.01 Å². The van der Waals surface area contributed by atoms with Crippen LogP contribution in [0, 0.1) is 0 Å². The van der Waals surface area contributed by atoms with Gasteiger partial charge in [-0.15, -0.1) is 0 Å². The first-order chi connectivity index (χ1) is 7.77. The highest BCUT2D eigenvalue weighted by atomic mass is 16.2. The van der Waals surface area contributed by atoms with Crippen molar-refractivity contribution in [1.82, 2.24) is 5.01 Å². The Hall–Kier alpha value is -1.64. The highest BCUT2D eigenvalue weighted by Gasteiger charge is 2.23. The summed E-state index contributed by atoms with van der Waals surface area (Å²) in [4.78, 5) is 11.3. The van der Waals surface area contributed by atoms with Gasteiger partial charge in [0.05, 0.1) is 6.04 Å². The topological polar surface area (TPSA) is 32.7 Å². The van der Waals surface area contributed by atoms with Gasteiger partial charge in [0.15, 0.2) is 0 Å². The van der Waals surface area contributed by atoms with E-state index < -0.39 is 0 Å². The molecule has 1 amide bonds. The summed E-state index contributed by atoms with van der Waals surface area (Å²) in [7, 11) is 0. The number of amides is 1. The van der Waals surface area contributed by atoms with Gasteiger partial charge in [0.2, 0.25) is 5.91 Å². The van der Waals surface area contributed by atoms with Gasteiger partial charge in [0.25, 0.3) is 0 Å². The van der Waals surface area contributed by atoms with Crippen LogP contribution in [0.4, 0.5) is 0 Å². The molecule has 1 heterocycles. The van der Waals surface area contributed by atoms with Crippen molar-refractivity contribution in [3.05, 3.63) is 35.9 Å². The zero-order chi connectivity index (χ0) is 11.4. The van der Waals surface area contributed by atoms with E-state index >= 15 is 0 Å². The number of hydrogen-bond acceptors (Lipinski definition) is 2. The molecule has 1 atom stereocenters. The number of benzene rings is 1. The van der Waals surface area contributed by atoms with E-state index in [1.807, 2.05) is 24.4 Å². The number of carbonyl (C=O) groups is 1. The fourth-order valence-electron chi connectivity index (χ4n) is 2.01. The maximum Gasteiger partial charge on any atom is 0.239 e. The Kier molecular flexibility index (Phi) is 3.34. The van der Waals surface area contributed by atoms with Gasteiger partial charge in [0, 0.05) is 19.6 Å². The first-order valence-electron chi connectivity index (χ1n) is 5.63. The molecule has 0 bridgehead atoms. The van der Waals surface area contributed by atoms with Crippen molar-refractivity contribution in [2.24, 2.45) is 5.10 Å². The Labute approximate surface area is 95.8 Å². The summed E-state index contributed by atoms with van der Waals surface area (Å²) in [5, 5.41) is 5.69. The van der Waals surface area contributed by atoms with Crippen LogP contribution in [0.1, 0.15) is 25.3 Å². The lowest BCUT2D eigenvalue weighted by atomic mass is 10.0. The lowest BCUT2D eigenvalue weighted by Crippen LogP contribution is -2.31. The molecule has 0 N–H and O–H groups in total. The largest absolute Gasteiger partial charge is 0.273 e. The molecule has 3 heteroatoms. The molecule has 0 aliphatic carbocycles. The van der Waals surface area contributed by atoms with Crippen molar-refractivity contribution in [3.8, 4) is 0 Å². The summed E-state index contributed by atoms with van der Waals surface area (Å²) in [5.41, 5.74) is 1.32. The maximum atomic E-state index is 11.3. The third-order valence-corrected chi connectivity index (χ3v) is 2.86. The van der Waals surface area contributed by atoms with Crippen molar-refractivity contribution in [3.63, 3.8) is 0 Å². The molecular formula is C13H16N2O. The molecular weight excluding hydrogens is 200 g/mol. The van der Waals surface area contributed by atoms with Gasteiger partial charge < -0.3 is 0 Å². The first-order valence-corrected chi connectivity index (χ1v) is 5.63. The minimum Gasteiger partial charge on any atom is -0.273 e. The van der Waals surface area contributed by atoms with Gasteiger partial charge >= 0.3 is 0 Å². The zero-order valence-corrected chi connectivity index (χ0v) is 9.47. The van der Waals surface area contributed by atoms with E-state index in [-0.39, 0.29) is 11.9 Å². The van der Waals surface area contributed by atoms with Crippen LogP contribution in [-0.4, -0.2) is 23.2 Å². The third-order valence-electron chi connectivity index (χ3n) is 2.86. The summed E-state index contributed by atoms with van der Waals surface area (Å²) in [6, 6.07) is 10.6. The Morgan fingerprint density at radius 3 is 2.88 bits per heavy atom. The lowest BCUT2D eigenvalue weighted by molar-refractivity contribution is -0.130. The normalized spacial score (nSPS) is 19.1. The van der Waals surface area contributed by atoms with Crippen molar-refractivity contribution in [2.45, 2.75) is 32.2 Å². The quantitative estimate of drug-likeness (QED) is 0.762. The average molecular weight is 216 g/mol. The first kappa shape index (κ1) is 10.9. The van der Waals surface area contributed by atoms with Gasteiger partial charge in [0.1, 0.15) is 0 Å². The predicted octanol–water partition coefficient (Wildman–Crippen LogP) is 2.23. The molecule has 3 nitrogen and oxygen atoms in total. The molecule has 0 saturated carbocycles. The molecule has 1 aromatic rings. The molecule has 2 rings (SSSR count). The summed E-state index contributed by atoms with van der Waals surface area (Å²) in [5.74, 6) is 0.0341. The van der Waals surface area contributed by atoms with E-state index in [1.165, 1.54) is 5.56 Å². The van der Waals surface area contributed by atoms with Crippen molar-refractivity contribution in [2.75, 3.05) is 0 Å². The molecule has 1 aliphatic heterocycles. The van der Waals surface area contributed by atoms with Gasteiger partial charge in [-0.1, -0.05) is 30.3 Å². The molecule has 0 fully saturated rings. The molecule has 84 valence electrons. The molecule has 1 aromatic carbocycles. The summed E-state index contributed by atoms with van der Waals surface area (Å²) in [6.07, 6.45) is 4.69. The summed E-state index contributed by atoms with van der Waals surface area (Å²) >= 11 is 0. The number of rotatable bonds is 3. The number of nitrogens with zero attached hydrogens (tertiary/aromatic N) is 2. The summed E-state index contributed by atoms with van der Waals surface area (Å²) in [6.45, 7) is 1.57. The van der Waals surface area contributed by atoms with E-state index in [0.29, 0.717) is 0 Å². The highest BCUT2D eigenvalue weighted by molar-refractivity contribution is 5.77. The maximum absolute atomic E-state index is 11.3. The number of hydrogen-bond donors (Lipinski definition) is 0. The predicted molar refractivity (Wildman–Crippen MR) is 64.2 cm³/mol. The van der Waals surface area contributed by atoms with Crippen LogP contribution in [0.2, 0.25) is 0 Å². The van der Waals surface area contributed by atoms with E-state index in [0.717, 1.165) is 19.3 Å². The molecule has 0 spiro atoms. The van der Waals surface area contributed by atoms with E-state index in [9.17, 15) is 4.79 Å². The van der Waals surface area contributed by atoms with E-state index in [1.54, 1.807) is 11.9 Å². The van der Waals surface area contributed by atoms with Crippen LogP contribution >= 0.6 is 0 Å². The average Bonchev–Trinajstić information content (AvgIpc) is 2.76. The van der Waals surface area contributed by atoms with E-state index in [4.69, 9.17) is 0 Å². The Bertz CT molecular complexity index is 386. The van der Waals surface area contributed by atoms with Crippen molar-refractivity contribution in [1.29, 1.82) is 0 Å². The molecule has 1 unspecified atom stereocenters. The smallest absolute Gasteiger partial charge is 0.239 e. The van der Waals surface area contributed by atoms with Crippen LogP contribution in [-0.2, 0) is 11.2 Å². The van der Waals surface area contributed by atoms with Crippen LogP contribution in [0.15, 0.2) is 35.4 Å². The SMILES string of the molecule is CC(=O)N1N=CCC1CCc1ccccc1. The molecule has 0 saturated heterocycles. The van der Waals surface area contributed by atoms with Gasteiger partial charge in [-0.3, -0.25) is 4.79 Å². The Morgan fingerprint density at radius 1 is 1.44 bits per heavy atom. The van der Waals surface area contributed by atoms with Crippen LogP contribution < -0.4 is 0 Å². The zero-order valence-electron chi connectivity index (χ0n) is 9.47. The number of aryl methyl sites for hydroxylation is 1. The molecule has 0 aromatic heterocycles. The second-order valence-corrected chi connectivity index (χ2v) is 4.08. The van der Waals surface area contributed by atoms with Crippen molar-refractivity contribution < 1.29 is 4.79 Å². The molecule has 0 radical (unpaired) electrons. The van der Waals surface area contributed by atoms with Crippen LogP contribution in [0.5, 0.6) is 0 Å².